The number of rotatable bonds is 5. The Morgan fingerprint density at radius 3 is 2.55 bits per heavy atom. The summed E-state index contributed by atoms with van der Waals surface area (Å²) in [6, 6.07) is 7.70. The Bertz CT molecular complexity index is 698. The van der Waals surface area contributed by atoms with Gasteiger partial charge in [0.05, 0.1) is 0 Å². The van der Waals surface area contributed by atoms with Crippen LogP contribution in [0.3, 0.4) is 0 Å². The fourth-order valence-electron chi connectivity index (χ4n) is 2.14. The second-order valence-electron chi connectivity index (χ2n) is 4.85. The van der Waals surface area contributed by atoms with E-state index in [1.165, 1.54) is 9.13 Å². The van der Waals surface area contributed by atoms with Gasteiger partial charge in [0.15, 0.2) is 0 Å². The molecule has 0 saturated carbocycles. The second-order valence-corrected chi connectivity index (χ2v) is 4.85. The van der Waals surface area contributed by atoms with E-state index in [1.54, 1.807) is 12.4 Å². The molecule has 0 spiro atoms. The number of aromatic nitrogens is 2. The van der Waals surface area contributed by atoms with Crippen LogP contribution in [0.15, 0.2) is 46.2 Å². The molecule has 0 atom stereocenters. The number of aryl methyl sites for hydroxylation is 2. The van der Waals surface area contributed by atoms with Crippen LogP contribution >= 0.6 is 0 Å². The Balaban J connectivity index is 2.46. The van der Waals surface area contributed by atoms with E-state index in [4.69, 9.17) is 0 Å². The predicted octanol–water partition coefficient (Wildman–Crippen LogP) is 2.36. The summed E-state index contributed by atoms with van der Waals surface area (Å²) < 4.78 is 2.91. The van der Waals surface area contributed by atoms with Gasteiger partial charge < -0.3 is 4.57 Å². The molecule has 0 saturated heterocycles. The van der Waals surface area contributed by atoms with Crippen LogP contribution in [0.25, 0.3) is 5.69 Å². The molecule has 4 heteroatoms. The van der Waals surface area contributed by atoms with Crippen molar-refractivity contribution in [2.45, 2.75) is 39.7 Å². The zero-order chi connectivity index (χ0) is 14.5. The summed E-state index contributed by atoms with van der Waals surface area (Å²) in [7, 11) is 0. The summed E-state index contributed by atoms with van der Waals surface area (Å²) in [6.45, 7) is 4.72. The minimum atomic E-state index is -0.489. The SMILES string of the molecule is CCCCn1ccn(-c2cccc(CC)c2)c(=O)c1=O. The lowest BCUT2D eigenvalue weighted by atomic mass is 10.1. The molecule has 1 aromatic carbocycles. The molecule has 0 N–H and O–H groups in total. The average molecular weight is 272 g/mol. The van der Waals surface area contributed by atoms with Crippen LogP contribution in [0.1, 0.15) is 32.3 Å². The first kappa shape index (κ1) is 14.3. The normalized spacial score (nSPS) is 10.7. The Labute approximate surface area is 118 Å². The minimum Gasteiger partial charge on any atom is -0.309 e. The van der Waals surface area contributed by atoms with Crippen molar-refractivity contribution in [3.05, 3.63) is 62.9 Å². The molecule has 0 amide bonds. The van der Waals surface area contributed by atoms with Crippen molar-refractivity contribution in [3.8, 4) is 5.69 Å². The van der Waals surface area contributed by atoms with Gasteiger partial charge in [-0.15, -0.1) is 0 Å². The fourth-order valence-corrected chi connectivity index (χ4v) is 2.14. The largest absolute Gasteiger partial charge is 0.320 e. The van der Waals surface area contributed by atoms with Crippen molar-refractivity contribution in [1.29, 1.82) is 0 Å². The lowest BCUT2D eigenvalue weighted by molar-refractivity contribution is 0.599. The van der Waals surface area contributed by atoms with Crippen LogP contribution < -0.4 is 11.1 Å². The Morgan fingerprint density at radius 2 is 1.85 bits per heavy atom. The summed E-state index contributed by atoms with van der Waals surface area (Å²) in [6.07, 6.45) is 6.16. The van der Waals surface area contributed by atoms with E-state index in [0.29, 0.717) is 6.54 Å². The summed E-state index contributed by atoms with van der Waals surface area (Å²) >= 11 is 0. The van der Waals surface area contributed by atoms with Crippen LogP contribution in [-0.2, 0) is 13.0 Å². The molecule has 0 fully saturated rings. The van der Waals surface area contributed by atoms with E-state index in [2.05, 4.69) is 13.8 Å². The van der Waals surface area contributed by atoms with E-state index in [-0.39, 0.29) is 0 Å². The highest BCUT2D eigenvalue weighted by molar-refractivity contribution is 5.35. The van der Waals surface area contributed by atoms with Crippen LogP contribution in [0.4, 0.5) is 0 Å². The van der Waals surface area contributed by atoms with Gasteiger partial charge in [-0.25, -0.2) is 0 Å². The van der Waals surface area contributed by atoms with Crippen LogP contribution in [0, 0.1) is 0 Å². The topological polar surface area (TPSA) is 44.0 Å². The average Bonchev–Trinajstić information content (AvgIpc) is 2.49. The van der Waals surface area contributed by atoms with E-state index in [0.717, 1.165) is 30.5 Å². The van der Waals surface area contributed by atoms with E-state index < -0.39 is 11.1 Å². The third-order valence-corrected chi connectivity index (χ3v) is 3.41. The van der Waals surface area contributed by atoms with Gasteiger partial charge in [0.25, 0.3) is 0 Å². The first-order chi connectivity index (χ1) is 9.67. The Hall–Kier alpha value is -2.10. The van der Waals surface area contributed by atoms with Gasteiger partial charge in [-0.1, -0.05) is 32.4 Å². The molecule has 2 aromatic rings. The number of hydrogen-bond donors (Lipinski definition) is 0. The van der Waals surface area contributed by atoms with Crippen molar-refractivity contribution >= 4 is 0 Å². The van der Waals surface area contributed by atoms with Crippen LogP contribution in [0.2, 0.25) is 0 Å². The summed E-state index contributed by atoms with van der Waals surface area (Å²) in [5, 5.41) is 0. The summed E-state index contributed by atoms with van der Waals surface area (Å²) in [5.41, 5.74) is 0.943. The number of nitrogens with zero attached hydrogens (tertiary/aromatic N) is 2. The molecule has 0 aliphatic heterocycles. The van der Waals surface area contributed by atoms with Crippen molar-refractivity contribution < 1.29 is 0 Å². The molecule has 1 heterocycles. The molecule has 1 aromatic heterocycles. The van der Waals surface area contributed by atoms with Crippen molar-refractivity contribution in [3.63, 3.8) is 0 Å². The summed E-state index contributed by atoms with van der Waals surface area (Å²) in [4.78, 5) is 24.2. The van der Waals surface area contributed by atoms with Gasteiger partial charge >= 0.3 is 11.1 Å². The van der Waals surface area contributed by atoms with E-state index >= 15 is 0 Å². The lowest BCUT2D eigenvalue weighted by Crippen LogP contribution is -2.39. The lowest BCUT2D eigenvalue weighted by Gasteiger charge is -2.09. The van der Waals surface area contributed by atoms with Crippen LogP contribution in [0.5, 0.6) is 0 Å². The maximum atomic E-state index is 12.2. The molecule has 0 aliphatic carbocycles. The molecular formula is C16H20N2O2. The Morgan fingerprint density at radius 1 is 1.05 bits per heavy atom. The summed E-state index contributed by atoms with van der Waals surface area (Å²) in [5.74, 6) is 0. The Kier molecular flexibility index (Phi) is 4.56. The highest BCUT2D eigenvalue weighted by Crippen LogP contribution is 2.08. The molecule has 20 heavy (non-hydrogen) atoms. The van der Waals surface area contributed by atoms with Gasteiger partial charge in [0.2, 0.25) is 0 Å². The number of benzene rings is 1. The standard InChI is InChI=1S/C16H20N2O2/c1-3-5-9-17-10-11-18(16(20)15(17)19)14-8-6-7-13(4-2)12-14/h6-8,10-12H,3-5,9H2,1-2H3. The molecular weight excluding hydrogens is 252 g/mol. The van der Waals surface area contributed by atoms with Crippen molar-refractivity contribution in [1.82, 2.24) is 9.13 Å². The molecule has 4 nitrogen and oxygen atoms in total. The maximum Gasteiger partial charge on any atom is 0.320 e. The van der Waals surface area contributed by atoms with Gasteiger partial charge in [-0.2, -0.15) is 0 Å². The highest BCUT2D eigenvalue weighted by atomic mass is 16.2. The zero-order valence-corrected chi connectivity index (χ0v) is 12.0. The van der Waals surface area contributed by atoms with Crippen molar-refractivity contribution in [2.75, 3.05) is 0 Å². The van der Waals surface area contributed by atoms with Gasteiger partial charge in [0, 0.05) is 24.6 Å². The quantitative estimate of drug-likeness (QED) is 0.784. The second kappa shape index (κ2) is 6.37. The van der Waals surface area contributed by atoms with E-state index in [9.17, 15) is 9.59 Å². The molecule has 2 rings (SSSR count). The molecule has 0 bridgehead atoms. The smallest absolute Gasteiger partial charge is 0.309 e. The highest BCUT2D eigenvalue weighted by Gasteiger charge is 2.06. The number of hydrogen-bond acceptors (Lipinski definition) is 2. The van der Waals surface area contributed by atoms with E-state index in [1.807, 2.05) is 24.3 Å². The van der Waals surface area contributed by atoms with Gasteiger partial charge in [-0.3, -0.25) is 14.2 Å². The maximum absolute atomic E-state index is 12.2. The third-order valence-electron chi connectivity index (χ3n) is 3.41. The molecule has 0 unspecified atom stereocenters. The van der Waals surface area contributed by atoms with Crippen LogP contribution in [-0.4, -0.2) is 9.13 Å². The third kappa shape index (κ3) is 2.90. The predicted molar refractivity (Wildman–Crippen MR) is 80.6 cm³/mol. The molecule has 0 radical (unpaired) electrons. The monoisotopic (exact) mass is 272 g/mol. The molecule has 0 aliphatic rings. The first-order valence-corrected chi connectivity index (χ1v) is 7.08. The minimum absolute atomic E-state index is 0.456. The van der Waals surface area contributed by atoms with Gasteiger partial charge in [0.1, 0.15) is 0 Å². The zero-order valence-electron chi connectivity index (χ0n) is 12.0. The molecule has 106 valence electrons. The number of unbranched alkanes of at least 4 members (excludes halogenated alkanes) is 1. The fraction of sp³-hybridized carbons (Fsp3) is 0.375. The van der Waals surface area contributed by atoms with Gasteiger partial charge in [-0.05, 0) is 30.5 Å². The van der Waals surface area contributed by atoms with Crippen molar-refractivity contribution in [2.24, 2.45) is 0 Å². The first-order valence-electron chi connectivity index (χ1n) is 7.08.